The second-order valence-electron chi connectivity index (χ2n) is 5.12. The molecule has 122 valence electrons. The van der Waals surface area contributed by atoms with Crippen molar-refractivity contribution >= 4 is 22.9 Å². The predicted octanol–water partition coefficient (Wildman–Crippen LogP) is 1.21. The molecule has 8 heteroatoms. The second kappa shape index (κ2) is 5.99. The fraction of sp³-hybridized carbons (Fsp3) is 0.125. The standard InChI is InChI=1S/C16H14N4O4/c1-24-11-4-2-3-9(7-11)14(15(17)21)20-13-6-5-10(16(22)23)8-12(13)18-19-20/h2-8,14H,1H3,(H2,17,21)(H,22,23). The topological polar surface area (TPSA) is 120 Å². The van der Waals surface area contributed by atoms with Gasteiger partial charge in [-0.15, -0.1) is 5.10 Å². The Morgan fingerprint density at radius 2 is 2.04 bits per heavy atom. The molecule has 0 saturated carbocycles. The van der Waals surface area contributed by atoms with E-state index in [9.17, 15) is 9.59 Å². The number of carbonyl (C=O) groups excluding carboxylic acids is 1. The minimum Gasteiger partial charge on any atom is -0.497 e. The maximum absolute atomic E-state index is 12.0. The number of aromatic carboxylic acids is 1. The number of ether oxygens (including phenoxy) is 1. The molecule has 0 radical (unpaired) electrons. The summed E-state index contributed by atoms with van der Waals surface area (Å²) < 4.78 is 6.54. The number of primary amides is 1. The number of amides is 1. The van der Waals surface area contributed by atoms with Gasteiger partial charge in [0.05, 0.1) is 18.2 Å². The van der Waals surface area contributed by atoms with Crippen LogP contribution in [0.5, 0.6) is 5.75 Å². The van der Waals surface area contributed by atoms with E-state index in [1.165, 1.54) is 23.9 Å². The van der Waals surface area contributed by atoms with Crippen molar-refractivity contribution in [3.05, 3.63) is 53.6 Å². The van der Waals surface area contributed by atoms with Crippen LogP contribution in [0.1, 0.15) is 22.0 Å². The Kier molecular flexibility index (Phi) is 3.87. The van der Waals surface area contributed by atoms with Crippen LogP contribution in [0.3, 0.4) is 0 Å². The minimum absolute atomic E-state index is 0.0894. The van der Waals surface area contributed by atoms with Crippen molar-refractivity contribution < 1.29 is 19.4 Å². The lowest BCUT2D eigenvalue weighted by Crippen LogP contribution is -2.28. The number of carboxylic acids is 1. The van der Waals surface area contributed by atoms with Gasteiger partial charge in [0.1, 0.15) is 11.3 Å². The summed E-state index contributed by atoms with van der Waals surface area (Å²) in [6.45, 7) is 0. The van der Waals surface area contributed by atoms with Crippen molar-refractivity contribution in [2.75, 3.05) is 7.11 Å². The van der Waals surface area contributed by atoms with Crippen LogP contribution in [0.25, 0.3) is 11.0 Å². The van der Waals surface area contributed by atoms with Gasteiger partial charge in [-0.05, 0) is 35.9 Å². The average Bonchev–Trinajstić information content (AvgIpc) is 2.98. The van der Waals surface area contributed by atoms with Crippen LogP contribution in [-0.2, 0) is 4.79 Å². The molecule has 0 aliphatic heterocycles. The predicted molar refractivity (Wildman–Crippen MR) is 84.8 cm³/mol. The summed E-state index contributed by atoms with van der Waals surface area (Å²) in [6, 6.07) is 10.4. The summed E-state index contributed by atoms with van der Waals surface area (Å²) in [5.74, 6) is -1.10. The molecule has 1 heterocycles. The monoisotopic (exact) mass is 326 g/mol. The molecule has 0 aliphatic carbocycles. The Bertz CT molecular complexity index is 935. The molecule has 1 unspecified atom stereocenters. The average molecular weight is 326 g/mol. The molecule has 2 aromatic carbocycles. The number of hydrogen-bond donors (Lipinski definition) is 2. The summed E-state index contributed by atoms with van der Waals surface area (Å²) in [5.41, 5.74) is 7.11. The van der Waals surface area contributed by atoms with Crippen LogP contribution in [0, 0.1) is 0 Å². The third-order valence-electron chi connectivity index (χ3n) is 3.64. The van der Waals surface area contributed by atoms with E-state index in [4.69, 9.17) is 15.6 Å². The molecule has 8 nitrogen and oxygen atoms in total. The van der Waals surface area contributed by atoms with Gasteiger partial charge < -0.3 is 15.6 Å². The van der Waals surface area contributed by atoms with Gasteiger partial charge in [-0.1, -0.05) is 17.3 Å². The number of benzene rings is 2. The molecule has 0 fully saturated rings. The molecule has 1 atom stereocenters. The highest BCUT2D eigenvalue weighted by Gasteiger charge is 2.24. The van der Waals surface area contributed by atoms with Crippen LogP contribution >= 0.6 is 0 Å². The first-order valence-electron chi connectivity index (χ1n) is 7.03. The molecule has 3 aromatic rings. The fourth-order valence-electron chi connectivity index (χ4n) is 2.50. The summed E-state index contributed by atoms with van der Waals surface area (Å²) >= 11 is 0. The van der Waals surface area contributed by atoms with Gasteiger partial charge in [-0.25, -0.2) is 9.48 Å². The highest BCUT2D eigenvalue weighted by Crippen LogP contribution is 2.25. The lowest BCUT2D eigenvalue weighted by molar-refractivity contribution is -0.120. The van der Waals surface area contributed by atoms with E-state index in [0.717, 1.165) is 0 Å². The van der Waals surface area contributed by atoms with E-state index >= 15 is 0 Å². The first-order chi connectivity index (χ1) is 11.5. The van der Waals surface area contributed by atoms with Crippen LogP contribution in [0.15, 0.2) is 42.5 Å². The normalized spacial score (nSPS) is 12.0. The molecule has 0 aliphatic rings. The Labute approximate surface area is 136 Å². The molecule has 3 N–H and O–H groups in total. The Balaban J connectivity index is 2.14. The fourth-order valence-corrected chi connectivity index (χ4v) is 2.50. The highest BCUT2D eigenvalue weighted by atomic mass is 16.5. The summed E-state index contributed by atoms with van der Waals surface area (Å²) in [5, 5.41) is 17.0. The third-order valence-corrected chi connectivity index (χ3v) is 3.64. The van der Waals surface area contributed by atoms with Crippen LogP contribution in [0.2, 0.25) is 0 Å². The Hall–Kier alpha value is -3.42. The lowest BCUT2D eigenvalue weighted by atomic mass is 10.1. The third kappa shape index (κ3) is 2.65. The van der Waals surface area contributed by atoms with Crippen molar-refractivity contribution in [2.24, 2.45) is 5.73 Å². The molecule has 0 saturated heterocycles. The van der Waals surface area contributed by atoms with E-state index in [-0.39, 0.29) is 5.56 Å². The van der Waals surface area contributed by atoms with Gasteiger partial charge in [-0.2, -0.15) is 0 Å². The van der Waals surface area contributed by atoms with Gasteiger partial charge in [0.2, 0.25) is 5.91 Å². The van der Waals surface area contributed by atoms with Crippen molar-refractivity contribution in [3.63, 3.8) is 0 Å². The maximum atomic E-state index is 12.0. The zero-order valence-electron chi connectivity index (χ0n) is 12.7. The first-order valence-corrected chi connectivity index (χ1v) is 7.03. The van der Waals surface area contributed by atoms with E-state index in [1.807, 2.05) is 0 Å². The number of nitrogens with zero attached hydrogens (tertiary/aromatic N) is 3. The maximum Gasteiger partial charge on any atom is 0.335 e. The van der Waals surface area contributed by atoms with Gasteiger partial charge >= 0.3 is 5.97 Å². The number of methoxy groups -OCH3 is 1. The van der Waals surface area contributed by atoms with E-state index < -0.39 is 17.9 Å². The van der Waals surface area contributed by atoms with Gasteiger partial charge in [0.25, 0.3) is 0 Å². The number of aromatic nitrogens is 3. The highest BCUT2D eigenvalue weighted by molar-refractivity contribution is 5.92. The quantitative estimate of drug-likeness (QED) is 0.727. The zero-order chi connectivity index (χ0) is 17.3. The Morgan fingerprint density at radius 1 is 1.25 bits per heavy atom. The zero-order valence-corrected chi connectivity index (χ0v) is 12.7. The number of fused-ring (bicyclic) bond motifs is 1. The number of rotatable bonds is 5. The minimum atomic E-state index is -1.06. The van der Waals surface area contributed by atoms with Crippen LogP contribution < -0.4 is 10.5 Å². The largest absolute Gasteiger partial charge is 0.497 e. The molecule has 3 rings (SSSR count). The summed E-state index contributed by atoms with van der Waals surface area (Å²) in [6.07, 6.45) is 0. The number of nitrogens with two attached hydrogens (primary N) is 1. The van der Waals surface area contributed by atoms with E-state index in [0.29, 0.717) is 22.3 Å². The smallest absolute Gasteiger partial charge is 0.335 e. The summed E-state index contributed by atoms with van der Waals surface area (Å²) in [4.78, 5) is 23.1. The van der Waals surface area contributed by atoms with Gasteiger partial charge in [0, 0.05) is 0 Å². The molecule has 24 heavy (non-hydrogen) atoms. The molecule has 0 bridgehead atoms. The molecular formula is C16H14N4O4. The molecule has 1 aromatic heterocycles. The SMILES string of the molecule is COc1cccc(C(C(N)=O)n2nnc3cc(C(=O)O)ccc32)c1. The van der Waals surface area contributed by atoms with Gasteiger partial charge in [-0.3, -0.25) is 4.79 Å². The summed E-state index contributed by atoms with van der Waals surface area (Å²) in [7, 11) is 1.52. The van der Waals surface area contributed by atoms with Gasteiger partial charge in [0.15, 0.2) is 6.04 Å². The van der Waals surface area contributed by atoms with E-state index in [2.05, 4.69) is 10.3 Å². The Morgan fingerprint density at radius 3 is 2.71 bits per heavy atom. The molecule has 0 spiro atoms. The second-order valence-corrected chi connectivity index (χ2v) is 5.12. The number of carbonyl (C=O) groups is 2. The number of carboxylic acid groups (broad SMARTS) is 1. The first kappa shape index (κ1) is 15.5. The number of hydrogen-bond acceptors (Lipinski definition) is 5. The van der Waals surface area contributed by atoms with Crippen molar-refractivity contribution in [1.82, 2.24) is 15.0 Å². The van der Waals surface area contributed by atoms with Crippen LogP contribution in [-0.4, -0.2) is 39.1 Å². The van der Waals surface area contributed by atoms with Crippen LogP contribution in [0.4, 0.5) is 0 Å². The van der Waals surface area contributed by atoms with Crippen molar-refractivity contribution in [2.45, 2.75) is 6.04 Å². The van der Waals surface area contributed by atoms with Crippen molar-refractivity contribution in [1.29, 1.82) is 0 Å². The van der Waals surface area contributed by atoms with Crippen molar-refractivity contribution in [3.8, 4) is 5.75 Å². The molecular weight excluding hydrogens is 312 g/mol. The lowest BCUT2D eigenvalue weighted by Gasteiger charge is -2.15. The van der Waals surface area contributed by atoms with E-state index in [1.54, 1.807) is 30.3 Å². The molecule has 1 amide bonds.